The van der Waals surface area contributed by atoms with Gasteiger partial charge in [-0.05, 0) is 24.0 Å². The highest BCUT2D eigenvalue weighted by Gasteiger charge is 2.48. The van der Waals surface area contributed by atoms with E-state index < -0.39 is 18.3 Å². The minimum Gasteiger partial charge on any atom is -0.389 e. The molecular formula is C13H18ClNO3S. The number of halogens is 1. The van der Waals surface area contributed by atoms with E-state index >= 15 is 0 Å². The first-order valence-electron chi connectivity index (χ1n) is 6.09. The molecule has 0 heterocycles. The highest BCUT2D eigenvalue weighted by molar-refractivity contribution is 7.99. The van der Waals surface area contributed by atoms with Crippen molar-refractivity contribution in [3.05, 3.63) is 34.9 Å². The molecule has 0 bridgehead atoms. The number of thioether (sulfide) groups is 1. The third-order valence-electron chi connectivity index (χ3n) is 3.49. The Hall–Kier alpha value is -0.300. The molecule has 1 saturated carbocycles. The number of hydrogen-bond donors (Lipinski definition) is 4. The van der Waals surface area contributed by atoms with Crippen molar-refractivity contribution in [3.63, 3.8) is 0 Å². The van der Waals surface area contributed by atoms with Crippen molar-refractivity contribution in [1.29, 1.82) is 0 Å². The van der Waals surface area contributed by atoms with Gasteiger partial charge in [0.15, 0.2) is 0 Å². The van der Waals surface area contributed by atoms with Crippen molar-refractivity contribution in [3.8, 4) is 0 Å². The van der Waals surface area contributed by atoms with Crippen molar-refractivity contribution in [2.45, 2.75) is 36.1 Å². The number of aliphatic hydroxyl groups excluding tert-OH is 3. The molecule has 1 aliphatic carbocycles. The Balaban J connectivity index is 1.99. The molecule has 4 N–H and O–H groups in total. The quantitative estimate of drug-likeness (QED) is 0.656. The van der Waals surface area contributed by atoms with E-state index in [-0.39, 0.29) is 11.3 Å². The molecule has 6 heteroatoms. The van der Waals surface area contributed by atoms with Crippen LogP contribution >= 0.6 is 23.4 Å². The Morgan fingerprint density at radius 1 is 1.11 bits per heavy atom. The summed E-state index contributed by atoms with van der Waals surface area (Å²) in [6, 6.07) is 7.07. The summed E-state index contributed by atoms with van der Waals surface area (Å²) in [5.41, 5.74) is 1.03. The van der Waals surface area contributed by atoms with Gasteiger partial charge in [-0.1, -0.05) is 23.7 Å². The van der Waals surface area contributed by atoms with Crippen LogP contribution in [0.3, 0.4) is 0 Å². The fraction of sp³-hybridized carbons (Fsp3) is 0.538. The summed E-state index contributed by atoms with van der Waals surface area (Å²) in [5.74, 6) is 0. The first-order valence-corrected chi connectivity index (χ1v) is 7.76. The predicted molar refractivity (Wildman–Crippen MR) is 77.4 cm³/mol. The van der Waals surface area contributed by atoms with Crippen LogP contribution in [0.5, 0.6) is 0 Å². The van der Waals surface area contributed by atoms with Crippen molar-refractivity contribution in [2.75, 3.05) is 6.26 Å². The van der Waals surface area contributed by atoms with Crippen molar-refractivity contribution >= 4 is 23.4 Å². The molecule has 1 aromatic carbocycles. The van der Waals surface area contributed by atoms with Crippen LogP contribution < -0.4 is 5.32 Å². The molecule has 106 valence electrons. The van der Waals surface area contributed by atoms with Gasteiger partial charge in [0.2, 0.25) is 0 Å². The van der Waals surface area contributed by atoms with E-state index in [0.29, 0.717) is 11.6 Å². The lowest BCUT2D eigenvalue weighted by Crippen LogP contribution is -2.43. The average Bonchev–Trinajstić information content (AvgIpc) is 2.62. The van der Waals surface area contributed by atoms with E-state index in [1.54, 1.807) is 12.1 Å². The van der Waals surface area contributed by atoms with Crippen LogP contribution in [0.2, 0.25) is 5.02 Å². The molecule has 0 saturated heterocycles. The minimum atomic E-state index is -1.10. The monoisotopic (exact) mass is 303 g/mol. The fourth-order valence-corrected chi connectivity index (χ4v) is 3.49. The van der Waals surface area contributed by atoms with Crippen LogP contribution in [0.15, 0.2) is 24.3 Å². The molecule has 0 aromatic heterocycles. The summed E-state index contributed by atoms with van der Waals surface area (Å²) in [7, 11) is 0. The van der Waals surface area contributed by atoms with Gasteiger partial charge in [-0.15, -0.1) is 0 Å². The molecule has 4 nitrogen and oxygen atoms in total. The van der Waals surface area contributed by atoms with Gasteiger partial charge in [-0.25, -0.2) is 0 Å². The first-order chi connectivity index (χ1) is 9.04. The lowest BCUT2D eigenvalue weighted by Gasteiger charge is -2.22. The number of nitrogens with one attached hydrogen (secondary N) is 1. The second-order valence-corrected chi connectivity index (χ2v) is 6.16. The maximum absolute atomic E-state index is 9.94. The molecule has 0 aliphatic heterocycles. The Labute approximate surface area is 121 Å². The normalized spacial score (nSPS) is 34.7. The average molecular weight is 304 g/mol. The summed E-state index contributed by atoms with van der Waals surface area (Å²) in [6.07, 6.45) is -1.11. The van der Waals surface area contributed by atoms with Crippen LogP contribution in [0, 0.1) is 0 Å². The summed E-state index contributed by atoms with van der Waals surface area (Å²) >= 11 is 7.26. The molecule has 0 unspecified atom stereocenters. The molecule has 0 radical (unpaired) electrons. The Bertz CT molecular complexity index is 417. The van der Waals surface area contributed by atoms with Crippen LogP contribution in [0.25, 0.3) is 0 Å². The second-order valence-electron chi connectivity index (χ2n) is 4.71. The molecule has 19 heavy (non-hydrogen) atoms. The van der Waals surface area contributed by atoms with E-state index in [9.17, 15) is 15.3 Å². The van der Waals surface area contributed by atoms with Crippen LogP contribution in [0.4, 0.5) is 0 Å². The van der Waals surface area contributed by atoms with Crippen LogP contribution in [-0.4, -0.2) is 51.2 Å². The first kappa shape index (κ1) is 15.1. The second kappa shape index (κ2) is 6.43. The van der Waals surface area contributed by atoms with Crippen molar-refractivity contribution in [2.24, 2.45) is 0 Å². The lowest BCUT2D eigenvalue weighted by atomic mass is 10.1. The van der Waals surface area contributed by atoms with Crippen molar-refractivity contribution < 1.29 is 15.3 Å². The molecule has 0 amide bonds. The van der Waals surface area contributed by atoms with E-state index in [1.807, 2.05) is 18.4 Å². The topological polar surface area (TPSA) is 72.7 Å². The maximum Gasteiger partial charge on any atom is 0.108 e. The van der Waals surface area contributed by atoms with Crippen molar-refractivity contribution in [1.82, 2.24) is 5.32 Å². The van der Waals surface area contributed by atoms with Gasteiger partial charge in [-0.3, -0.25) is 0 Å². The van der Waals surface area contributed by atoms with E-state index in [0.717, 1.165) is 5.56 Å². The number of rotatable bonds is 4. The lowest BCUT2D eigenvalue weighted by molar-refractivity contribution is -0.0219. The Morgan fingerprint density at radius 2 is 1.74 bits per heavy atom. The molecule has 1 fully saturated rings. The minimum absolute atomic E-state index is 0.225. The van der Waals surface area contributed by atoms with Gasteiger partial charge >= 0.3 is 0 Å². The van der Waals surface area contributed by atoms with E-state index in [4.69, 9.17) is 11.6 Å². The molecule has 1 aromatic rings. The third kappa shape index (κ3) is 3.24. The maximum atomic E-state index is 9.94. The third-order valence-corrected chi connectivity index (χ3v) is 4.85. The standard InChI is InChI=1S/C13H18ClNO3S/c1-19-13-9(10(16)11(17)12(13)18)15-6-7-2-4-8(14)5-3-7/h2-5,9-13,15-18H,6H2,1H3/t9-,10+,11+,12+,13+/m0/s1. The van der Waals surface area contributed by atoms with Gasteiger partial charge in [0.25, 0.3) is 0 Å². The number of hydrogen-bond acceptors (Lipinski definition) is 5. The van der Waals surface area contributed by atoms with Crippen LogP contribution in [-0.2, 0) is 6.54 Å². The molecular weight excluding hydrogens is 286 g/mol. The van der Waals surface area contributed by atoms with Gasteiger partial charge in [0, 0.05) is 11.6 Å². The summed E-state index contributed by atoms with van der Waals surface area (Å²) in [4.78, 5) is 0. The molecule has 2 rings (SSSR count). The summed E-state index contributed by atoms with van der Waals surface area (Å²) in [5, 5.41) is 33.1. The molecule has 0 spiro atoms. The molecule has 1 aliphatic rings. The largest absolute Gasteiger partial charge is 0.389 e. The van der Waals surface area contributed by atoms with E-state index in [2.05, 4.69) is 5.32 Å². The zero-order valence-corrected chi connectivity index (χ0v) is 12.1. The zero-order valence-electron chi connectivity index (χ0n) is 10.5. The Kier molecular flexibility index (Phi) is 5.11. The smallest absolute Gasteiger partial charge is 0.108 e. The van der Waals surface area contributed by atoms with E-state index in [1.165, 1.54) is 11.8 Å². The SMILES string of the molecule is CS[C@H]1[C@H](O)[C@H](O)[C@H](O)[C@@H]1NCc1ccc(Cl)cc1. The van der Waals surface area contributed by atoms with Gasteiger partial charge in [-0.2, -0.15) is 11.8 Å². The van der Waals surface area contributed by atoms with Crippen LogP contribution in [0.1, 0.15) is 5.56 Å². The van der Waals surface area contributed by atoms with Gasteiger partial charge in [0.1, 0.15) is 6.10 Å². The highest BCUT2D eigenvalue weighted by Crippen LogP contribution is 2.30. The number of benzene rings is 1. The zero-order chi connectivity index (χ0) is 14.0. The predicted octanol–water partition coefficient (Wildman–Crippen LogP) is 0.626. The van der Waals surface area contributed by atoms with Gasteiger partial charge in [0.05, 0.1) is 23.5 Å². The summed E-state index contributed by atoms with van der Waals surface area (Å²) < 4.78 is 0. The van der Waals surface area contributed by atoms with Gasteiger partial charge < -0.3 is 20.6 Å². The fourth-order valence-electron chi connectivity index (χ4n) is 2.38. The Morgan fingerprint density at radius 3 is 2.32 bits per heavy atom. The highest BCUT2D eigenvalue weighted by atomic mass is 35.5. The molecule has 5 atom stereocenters. The number of aliphatic hydroxyl groups is 3. The summed E-state index contributed by atoms with van der Waals surface area (Å²) in [6.45, 7) is 0.551.